The summed E-state index contributed by atoms with van der Waals surface area (Å²) in [7, 11) is 0. The van der Waals surface area contributed by atoms with Gasteiger partial charge in [-0.2, -0.15) is 0 Å². The molecule has 0 N–H and O–H groups in total. The number of benzene rings is 2. The zero-order valence-electron chi connectivity index (χ0n) is 20.3. The van der Waals surface area contributed by atoms with Gasteiger partial charge >= 0.3 is 0 Å². The highest BCUT2D eigenvalue weighted by Gasteiger charge is 2.48. The molecule has 2 unspecified atom stereocenters. The summed E-state index contributed by atoms with van der Waals surface area (Å²) < 4.78 is 27.0. The number of ether oxygens (including phenoxy) is 1. The van der Waals surface area contributed by atoms with Gasteiger partial charge in [-0.15, -0.1) is 10.2 Å². The van der Waals surface area contributed by atoms with E-state index in [0.717, 1.165) is 61.0 Å². The van der Waals surface area contributed by atoms with Crippen molar-refractivity contribution >= 4 is 0 Å². The molecule has 184 valence electrons. The Bertz CT molecular complexity index is 1100. The molecule has 1 saturated carbocycles. The summed E-state index contributed by atoms with van der Waals surface area (Å²) in [4.78, 5) is 0. The van der Waals surface area contributed by atoms with Crippen molar-refractivity contribution in [2.75, 3.05) is 19.6 Å². The number of aromatic nitrogens is 2. The average molecular weight is 477 g/mol. The Morgan fingerprint density at radius 2 is 1.66 bits per heavy atom. The highest BCUT2D eigenvalue weighted by Crippen LogP contribution is 2.41. The van der Waals surface area contributed by atoms with Crippen molar-refractivity contribution in [3.63, 3.8) is 0 Å². The first-order valence-electron chi connectivity index (χ1n) is 13.3. The predicted molar refractivity (Wildman–Crippen MR) is 131 cm³/mol. The molecule has 3 aromatic rings. The third-order valence-corrected chi connectivity index (χ3v) is 8.64. The van der Waals surface area contributed by atoms with Crippen LogP contribution in [-0.2, 0) is 6.54 Å². The highest BCUT2D eigenvalue weighted by atomic mass is 19.1. The van der Waals surface area contributed by atoms with Gasteiger partial charge in [0.25, 0.3) is 5.89 Å². The summed E-state index contributed by atoms with van der Waals surface area (Å²) >= 11 is 0. The molecule has 4 fully saturated rings. The molecule has 4 heterocycles. The minimum atomic E-state index is -0.232. The fourth-order valence-electron chi connectivity index (χ4n) is 6.75. The van der Waals surface area contributed by atoms with Crippen molar-refractivity contribution in [2.45, 2.75) is 63.5 Å². The Balaban J connectivity index is 1.20. The van der Waals surface area contributed by atoms with Crippen LogP contribution in [0.5, 0.6) is 5.75 Å². The van der Waals surface area contributed by atoms with Crippen molar-refractivity contribution in [1.82, 2.24) is 10.2 Å². The van der Waals surface area contributed by atoms with Crippen LogP contribution in [0, 0.1) is 17.7 Å². The number of fused-ring (bicyclic) bond motifs is 3. The van der Waals surface area contributed by atoms with Gasteiger partial charge in [0, 0.05) is 18.8 Å². The maximum atomic E-state index is 13.3. The SMILES string of the molecule is Fc1ccc(OC2C[N+]3(Cc4nnc(C(c5ccccc5)C5CCCCC5)o4)CCC2CC3)cc1. The van der Waals surface area contributed by atoms with E-state index in [-0.39, 0.29) is 17.8 Å². The van der Waals surface area contributed by atoms with Crippen LogP contribution in [0.15, 0.2) is 59.0 Å². The van der Waals surface area contributed by atoms with Crippen molar-refractivity contribution in [3.05, 3.63) is 77.8 Å². The second-order valence-corrected chi connectivity index (χ2v) is 10.9. The molecule has 3 saturated heterocycles. The van der Waals surface area contributed by atoms with Crippen LogP contribution in [0.3, 0.4) is 0 Å². The number of piperidine rings is 3. The number of rotatable bonds is 7. The summed E-state index contributed by atoms with van der Waals surface area (Å²) in [5, 5.41) is 9.18. The molecular formula is C29H35FN3O2+. The molecular weight excluding hydrogens is 441 g/mol. The smallest absolute Gasteiger partial charge is 0.271 e. The molecule has 4 aliphatic rings. The van der Waals surface area contributed by atoms with E-state index in [1.807, 2.05) is 0 Å². The largest absolute Gasteiger partial charge is 0.484 e. The molecule has 5 nitrogen and oxygen atoms in total. The molecule has 2 bridgehead atoms. The summed E-state index contributed by atoms with van der Waals surface area (Å²) in [6, 6.07) is 17.1. The summed E-state index contributed by atoms with van der Waals surface area (Å²) in [6.45, 7) is 3.94. The molecule has 3 aliphatic heterocycles. The summed E-state index contributed by atoms with van der Waals surface area (Å²) in [6.07, 6.45) is 8.77. The van der Waals surface area contributed by atoms with Crippen LogP contribution in [-0.4, -0.2) is 40.4 Å². The Hall–Kier alpha value is -2.73. The average Bonchev–Trinajstić information content (AvgIpc) is 3.34. The lowest BCUT2D eigenvalue weighted by atomic mass is 9.77. The zero-order chi connectivity index (χ0) is 23.7. The van der Waals surface area contributed by atoms with Crippen LogP contribution in [0.1, 0.15) is 68.2 Å². The van der Waals surface area contributed by atoms with E-state index in [1.54, 1.807) is 12.1 Å². The molecule has 2 aromatic carbocycles. The minimum absolute atomic E-state index is 0.143. The summed E-state index contributed by atoms with van der Waals surface area (Å²) in [5.74, 6) is 3.35. The fourth-order valence-corrected chi connectivity index (χ4v) is 6.75. The molecule has 1 aliphatic carbocycles. The van der Waals surface area contributed by atoms with Crippen molar-refractivity contribution in [2.24, 2.45) is 11.8 Å². The predicted octanol–water partition coefficient (Wildman–Crippen LogP) is 6.11. The van der Waals surface area contributed by atoms with E-state index in [2.05, 4.69) is 40.5 Å². The first-order chi connectivity index (χ1) is 17.2. The number of hydrogen-bond acceptors (Lipinski definition) is 4. The molecule has 1 aromatic heterocycles. The van der Waals surface area contributed by atoms with Crippen LogP contribution >= 0.6 is 0 Å². The normalized spacial score (nSPS) is 27.6. The van der Waals surface area contributed by atoms with Crippen LogP contribution < -0.4 is 4.74 Å². The van der Waals surface area contributed by atoms with E-state index in [1.165, 1.54) is 49.8 Å². The Labute approximate surface area is 206 Å². The van der Waals surface area contributed by atoms with E-state index in [4.69, 9.17) is 9.15 Å². The van der Waals surface area contributed by atoms with Gasteiger partial charge in [-0.25, -0.2) is 4.39 Å². The molecule has 6 heteroatoms. The third-order valence-electron chi connectivity index (χ3n) is 8.64. The van der Waals surface area contributed by atoms with Gasteiger partial charge in [0.2, 0.25) is 5.89 Å². The van der Waals surface area contributed by atoms with Crippen molar-refractivity contribution < 1.29 is 18.0 Å². The lowest BCUT2D eigenvalue weighted by Gasteiger charge is -2.51. The van der Waals surface area contributed by atoms with Crippen LogP contribution in [0.4, 0.5) is 4.39 Å². The minimum Gasteiger partial charge on any atom is -0.484 e. The van der Waals surface area contributed by atoms with Gasteiger partial charge in [-0.1, -0.05) is 49.6 Å². The number of halogens is 1. The first kappa shape index (κ1) is 22.7. The topological polar surface area (TPSA) is 48.2 Å². The Morgan fingerprint density at radius 1 is 0.914 bits per heavy atom. The number of quaternary nitrogens is 1. The van der Waals surface area contributed by atoms with E-state index in [9.17, 15) is 4.39 Å². The molecule has 2 atom stereocenters. The summed E-state index contributed by atoms with van der Waals surface area (Å²) in [5.41, 5.74) is 1.29. The highest BCUT2D eigenvalue weighted by molar-refractivity contribution is 5.26. The fraction of sp³-hybridized carbons (Fsp3) is 0.517. The molecule has 7 rings (SSSR count). The lowest BCUT2D eigenvalue weighted by molar-refractivity contribution is -0.959. The third kappa shape index (κ3) is 4.86. The molecule has 0 spiro atoms. The Morgan fingerprint density at radius 3 is 2.40 bits per heavy atom. The van der Waals surface area contributed by atoms with Crippen molar-refractivity contribution in [1.29, 1.82) is 0 Å². The lowest BCUT2D eigenvalue weighted by Crippen LogP contribution is -2.64. The Kier molecular flexibility index (Phi) is 6.31. The molecule has 0 radical (unpaired) electrons. The van der Waals surface area contributed by atoms with Gasteiger partial charge in [-0.3, -0.25) is 0 Å². The van der Waals surface area contributed by atoms with E-state index >= 15 is 0 Å². The second kappa shape index (κ2) is 9.73. The van der Waals surface area contributed by atoms with Gasteiger partial charge in [0.15, 0.2) is 12.6 Å². The second-order valence-electron chi connectivity index (χ2n) is 10.9. The van der Waals surface area contributed by atoms with Gasteiger partial charge in [0.1, 0.15) is 18.1 Å². The van der Waals surface area contributed by atoms with Gasteiger partial charge in [-0.05, 0) is 48.6 Å². The van der Waals surface area contributed by atoms with Crippen molar-refractivity contribution in [3.8, 4) is 5.75 Å². The standard InChI is InChI=1S/C29H35FN3O2/c30-24-11-13-25(14-12-24)34-26-19-33(17-15-21(26)16-18-33)20-27-31-32-29(35-27)28(22-7-3-1-4-8-22)23-9-5-2-6-10-23/h1,3-4,7-8,11-14,21,23,26,28H,2,5-6,9-10,15-20H2/q+1. The van der Waals surface area contributed by atoms with E-state index in [0.29, 0.717) is 11.8 Å². The van der Waals surface area contributed by atoms with Crippen LogP contribution in [0.2, 0.25) is 0 Å². The maximum absolute atomic E-state index is 13.3. The van der Waals surface area contributed by atoms with Crippen LogP contribution in [0.25, 0.3) is 0 Å². The van der Waals surface area contributed by atoms with Gasteiger partial charge in [0.05, 0.1) is 19.0 Å². The zero-order valence-corrected chi connectivity index (χ0v) is 20.3. The van der Waals surface area contributed by atoms with Gasteiger partial charge < -0.3 is 13.6 Å². The quantitative estimate of drug-likeness (QED) is 0.386. The van der Waals surface area contributed by atoms with E-state index < -0.39 is 0 Å². The first-order valence-corrected chi connectivity index (χ1v) is 13.3. The number of nitrogens with zero attached hydrogens (tertiary/aromatic N) is 3. The molecule has 0 amide bonds. The monoisotopic (exact) mass is 476 g/mol. The molecule has 35 heavy (non-hydrogen) atoms. The maximum Gasteiger partial charge on any atom is 0.271 e. The number of hydrogen-bond donors (Lipinski definition) is 0.